The molecule has 0 radical (unpaired) electrons. The summed E-state index contributed by atoms with van der Waals surface area (Å²) in [6.45, 7) is 4.53. The molecular formula is C40H76O4. The van der Waals surface area contributed by atoms with Gasteiger partial charge in [-0.15, -0.1) is 0 Å². The van der Waals surface area contributed by atoms with Crippen LogP contribution in [-0.4, -0.2) is 22.2 Å². The Labute approximate surface area is 274 Å². The summed E-state index contributed by atoms with van der Waals surface area (Å²) in [4.78, 5) is 23.9. The van der Waals surface area contributed by atoms with Crippen molar-refractivity contribution in [3.63, 3.8) is 0 Å². The molecule has 0 fully saturated rings. The van der Waals surface area contributed by atoms with Gasteiger partial charge in [0, 0.05) is 0 Å². The number of hydrogen-bond acceptors (Lipinski definition) is 2. The Hall–Kier alpha value is -1.32. The lowest BCUT2D eigenvalue weighted by molar-refractivity contribution is -0.154. The molecule has 4 heteroatoms. The van der Waals surface area contributed by atoms with E-state index in [4.69, 9.17) is 0 Å². The Morgan fingerprint density at radius 1 is 0.386 bits per heavy atom. The van der Waals surface area contributed by atoms with E-state index in [2.05, 4.69) is 26.0 Å². The summed E-state index contributed by atoms with van der Waals surface area (Å²) in [7, 11) is 0. The summed E-state index contributed by atoms with van der Waals surface area (Å²) in [5, 5.41) is 19.6. The van der Waals surface area contributed by atoms with E-state index in [1.54, 1.807) is 0 Å². The van der Waals surface area contributed by atoms with Gasteiger partial charge in [-0.25, -0.2) is 0 Å². The minimum Gasteiger partial charge on any atom is -0.481 e. The van der Waals surface area contributed by atoms with Crippen LogP contribution in [0.25, 0.3) is 0 Å². The Morgan fingerprint density at radius 3 is 0.864 bits per heavy atom. The van der Waals surface area contributed by atoms with Crippen molar-refractivity contribution in [2.75, 3.05) is 0 Å². The second kappa shape index (κ2) is 34.6. The fourth-order valence-corrected chi connectivity index (χ4v) is 6.52. The number of carbonyl (C=O) groups is 2. The molecule has 0 bridgehead atoms. The fraction of sp³-hybridized carbons (Fsp3) is 0.900. The van der Waals surface area contributed by atoms with Crippen molar-refractivity contribution < 1.29 is 19.8 Å². The largest absolute Gasteiger partial charge is 0.481 e. The van der Waals surface area contributed by atoms with Gasteiger partial charge in [-0.1, -0.05) is 193 Å². The molecule has 2 N–H and O–H groups in total. The molecule has 0 aromatic rings. The Morgan fingerprint density at radius 2 is 0.614 bits per heavy atom. The molecule has 0 spiro atoms. The number of rotatable bonds is 36. The molecule has 2 atom stereocenters. The van der Waals surface area contributed by atoms with Gasteiger partial charge in [-0.2, -0.15) is 0 Å². The Kier molecular flexibility index (Phi) is 33.5. The van der Waals surface area contributed by atoms with Crippen molar-refractivity contribution in [1.82, 2.24) is 0 Å². The predicted molar refractivity (Wildman–Crippen MR) is 190 cm³/mol. The van der Waals surface area contributed by atoms with Gasteiger partial charge in [0.15, 0.2) is 0 Å². The maximum Gasteiger partial charge on any atom is 0.307 e. The maximum absolute atomic E-state index is 11.9. The number of allylic oxidation sites excluding steroid dienone is 2. The molecule has 0 aromatic carbocycles. The van der Waals surface area contributed by atoms with Crippen LogP contribution in [0, 0.1) is 11.8 Å². The molecule has 4 nitrogen and oxygen atoms in total. The van der Waals surface area contributed by atoms with Gasteiger partial charge < -0.3 is 10.2 Å². The highest BCUT2D eigenvalue weighted by Crippen LogP contribution is 2.26. The molecular weight excluding hydrogens is 544 g/mol. The first-order valence-corrected chi connectivity index (χ1v) is 19.6. The van der Waals surface area contributed by atoms with Crippen LogP contribution in [0.3, 0.4) is 0 Å². The van der Waals surface area contributed by atoms with Crippen LogP contribution in [0.15, 0.2) is 12.2 Å². The van der Waals surface area contributed by atoms with E-state index in [1.165, 1.54) is 141 Å². The summed E-state index contributed by atoms with van der Waals surface area (Å²) in [5.41, 5.74) is 0. The van der Waals surface area contributed by atoms with E-state index in [0.29, 0.717) is 12.8 Å². The second-order valence-corrected chi connectivity index (χ2v) is 13.7. The van der Waals surface area contributed by atoms with Crippen LogP contribution < -0.4 is 0 Å². The van der Waals surface area contributed by atoms with Crippen molar-refractivity contribution in [2.24, 2.45) is 11.8 Å². The molecule has 0 aliphatic heterocycles. The molecule has 0 aliphatic carbocycles. The molecule has 0 rings (SSSR count). The van der Waals surface area contributed by atoms with Crippen molar-refractivity contribution in [3.8, 4) is 0 Å². The molecule has 44 heavy (non-hydrogen) atoms. The fourth-order valence-electron chi connectivity index (χ4n) is 6.52. The quantitative estimate of drug-likeness (QED) is 0.0540. The van der Waals surface area contributed by atoms with Gasteiger partial charge in [0.05, 0.1) is 11.8 Å². The predicted octanol–water partition coefficient (Wildman–Crippen LogP) is 13.5. The normalized spacial score (nSPS) is 13.0. The van der Waals surface area contributed by atoms with E-state index in [9.17, 15) is 19.8 Å². The minimum atomic E-state index is -0.933. The zero-order valence-electron chi connectivity index (χ0n) is 29.6. The summed E-state index contributed by atoms with van der Waals surface area (Å²) in [6, 6.07) is 0. The lowest BCUT2D eigenvalue weighted by Crippen LogP contribution is -2.30. The maximum atomic E-state index is 11.9. The molecule has 0 aromatic heterocycles. The van der Waals surface area contributed by atoms with Crippen molar-refractivity contribution in [2.45, 2.75) is 219 Å². The second-order valence-electron chi connectivity index (χ2n) is 13.7. The SMILES string of the molecule is CCCCCCCC/C=C\CCCCCCC(C(=O)O)C(CCCCCCCCCCCCCCCCCCCC)C(=O)O. The van der Waals surface area contributed by atoms with Crippen LogP contribution in [0.1, 0.15) is 219 Å². The first kappa shape index (κ1) is 42.7. The van der Waals surface area contributed by atoms with Crippen molar-refractivity contribution >= 4 is 11.9 Å². The third-order valence-corrected chi connectivity index (χ3v) is 9.52. The molecule has 0 amide bonds. The van der Waals surface area contributed by atoms with Crippen LogP contribution >= 0.6 is 0 Å². The van der Waals surface area contributed by atoms with Gasteiger partial charge in [-0.3, -0.25) is 9.59 Å². The molecule has 260 valence electrons. The van der Waals surface area contributed by atoms with Gasteiger partial charge in [-0.05, 0) is 38.5 Å². The number of hydrogen-bond donors (Lipinski definition) is 2. The third-order valence-electron chi connectivity index (χ3n) is 9.52. The zero-order chi connectivity index (χ0) is 32.4. The average Bonchev–Trinajstić information content (AvgIpc) is 3.00. The van der Waals surface area contributed by atoms with Gasteiger partial charge in [0.1, 0.15) is 0 Å². The first-order chi connectivity index (χ1) is 21.5. The number of unbranched alkanes of at least 4 members (excludes halogenated alkanes) is 27. The van der Waals surface area contributed by atoms with E-state index >= 15 is 0 Å². The molecule has 0 saturated carbocycles. The highest BCUT2D eigenvalue weighted by atomic mass is 16.4. The van der Waals surface area contributed by atoms with Crippen LogP contribution in [0.5, 0.6) is 0 Å². The van der Waals surface area contributed by atoms with Crippen LogP contribution in [-0.2, 0) is 9.59 Å². The summed E-state index contributed by atoms with van der Waals surface area (Å²) in [5.74, 6) is -3.37. The lowest BCUT2D eigenvalue weighted by Gasteiger charge is -2.20. The first-order valence-electron chi connectivity index (χ1n) is 19.6. The minimum absolute atomic E-state index is 0.485. The smallest absolute Gasteiger partial charge is 0.307 e. The summed E-state index contributed by atoms with van der Waals surface area (Å²) in [6.07, 6.45) is 43.4. The van der Waals surface area contributed by atoms with E-state index < -0.39 is 23.8 Å². The van der Waals surface area contributed by atoms with E-state index in [0.717, 1.165) is 51.4 Å². The third kappa shape index (κ3) is 29.4. The van der Waals surface area contributed by atoms with E-state index in [1.807, 2.05) is 0 Å². The highest BCUT2D eigenvalue weighted by Gasteiger charge is 2.32. The molecule has 0 aliphatic rings. The monoisotopic (exact) mass is 621 g/mol. The zero-order valence-corrected chi connectivity index (χ0v) is 29.6. The Bertz CT molecular complexity index is 643. The van der Waals surface area contributed by atoms with Gasteiger partial charge in [0.2, 0.25) is 0 Å². The molecule has 0 saturated heterocycles. The standard InChI is InChI=1S/C40H76O4/c1-3-5-7-9-11-13-15-17-19-20-21-22-24-26-28-30-32-34-36-38(40(43)44)37(39(41)42)35-33-31-29-27-25-23-18-16-14-12-10-8-6-4-2/h18,23,37-38H,3-17,19-22,24-36H2,1-2H3,(H,41,42)(H,43,44)/b23-18-. The summed E-state index contributed by atoms with van der Waals surface area (Å²) >= 11 is 0. The Balaban J connectivity index is 3.79. The highest BCUT2D eigenvalue weighted by molar-refractivity contribution is 5.79. The topological polar surface area (TPSA) is 74.6 Å². The van der Waals surface area contributed by atoms with Gasteiger partial charge >= 0.3 is 11.9 Å². The molecule has 0 heterocycles. The van der Waals surface area contributed by atoms with Gasteiger partial charge in [0.25, 0.3) is 0 Å². The lowest BCUT2D eigenvalue weighted by atomic mass is 9.84. The van der Waals surface area contributed by atoms with E-state index in [-0.39, 0.29) is 0 Å². The summed E-state index contributed by atoms with van der Waals surface area (Å²) < 4.78 is 0. The number of aliphatic carboxylic acids is 2. The average molecular weight is 621 g/mol. The van der Waals surface area contributed by atoms with Crippen LogP contribution in [0.2, 0.25) is 0 Å². The molecule has 2 unspecified atom stereocenters. The van der Waals surface area contributed by atoms with Crippen molar-refractivity contribution in [3.05, 3.63) is 12.2 Å². The van der Waals surface area contributed by atoms with Crippen molar-refractivity contribution in [1.29, 1.82) is 0 Å². The van der Waals surface area contributed by atoms with Crippen LogP contribution in [0.4, 0.5) is 0 Å². The number of carboxylic acid groups (broad SMARTS) is 2. The number of carboxylic acids is 2.